The topological polar surface area (TPSA) is 58.2 Å². The summed E-state index contributed by atoms with van der Waals surface area (Å²) >= 11 is 0. The van der Waals surface area contributed by atoms with Crippen LogP contribution in [0.2, 0.25) is 0 Å². The SMILES string of the molecule is CCC(C)(C)NC(=O)C[C@@H](NC(C)=O)c1ccccc1. The summed E-state index contributed by atoms with van der Waals surface area (Å²) in [5.41, 5.74) is 0.710. The highest BCUT2D eigenvalue weighted by Gasteiger charge is 2.22. The molecule has 110 valence electrons. The number of amides is 2. The Bertz CT molecular complexity index is 455. The van der Waals surface area contributed by atoms with Crippen LogP contribution >= 0.6 is 0 Å². The molecule has 0 radical (unpaired) electrons. The maximum absolute atomic E-state index is 12.1. The molecule has 0 unspecified atom stereocenters. The van der Waals surface area contributed by atoms with Gasteiger partial charge in [-0.3, -0.25) is 9.59 Å². The molecule has 0 fully saturated rings. The zero-order valence-electron chi connectivity index (χ0n) is 12.7. The molecule has 4 nitrogen and oxygen atoms in total. The smallest absolute Gasteiger partial charge is 0.222 e. The Morgan fingerprint density at radius 3 is 2.30 bits per heavy atom. The number of hydrogen-bond donors (Lipinski definition) is 2. The average Bonchev–Trinajstić information content (AvgIpc) is 2.38. The molecule has 0 heterocycles. The second-order valence-corrected chi connectivity index (χ2v) is 5.65. The zero-order valence-corrected chi connectivity index (χ0v) is 12.7. The number of carbonyl (C=O) groups excluding carboxylic acids is 2. The van der Waals surface area contributed by atoms with Gasteiger partial charge in [0.2, 0.25) is 11.8 Å². The monoisotopic (exact) mass is 276 g/mol. The first-order valence-corrected chi connectivity index (χ1v) is 6.97. The number of nitrogens with one attached hydrogen (secondary N) is 2. The molecule has 0 bridgehead atoms. The van der Waals surface area contributed by atoms with Crippen molar-refractivity contribution in [2.45, 2.75) is 52.1 Å². The van der Waals surface area contributed by atoms with Gasteiger partial charge >= 0.3 is 0 Å². The molecule has 0 spiro atoms. The molecule has 0 aromatic heterocycles. The third kappa shape index (κ3) is 5.43. The summed E-state index contributed by atoms with van der Waals surface area (Å²) in [5.74, 6) is -0.194. The van der Waals surface area contributed by atoms with Gasteiger partial charge in [0.1, 0.15) is 0 Å². The van der Waals surface area contributed by atoms with E-state index < -0.39 is 0 Å². The summed E-state index contributed by atoms with van der Waals surface area (Å²) in [4.78, 5) is 23.4. The van der Waals surface area contributed by atoms with Crippen molar-refractivity contribution >= 4 is 11.8 Å². The highest BCUT2D eigenvalue weighted by atomic mass is 16.2. The minimum Gasteiger partial charge on any atom is -0.351 e. The molecular formula is C16H24N2O2. The van der Waals surface area contributed by atoms with Crippen molar-refractivity contribution < 1.29 is 9.59 Å². The van der Waals surface area contributed by atoms with E-state index >= 15 is 0 Å². The molecule has 0 aliphatic carbocycles. The van der Waals surface area contributed by atoms with Crippen LogP contribution < -0.4 is 10.6 Å². The van der Waals surface area contributed by atoms with Crippen LogP contribution in [0.1, 0.15) is 52.1 Å². The van der Waals surface area contributed by atoms with E-state index in [-0.39, 0.29) is 29.8 Å². The van der Waals surface area contributed by atoms with Gasteiger partial charge in [-0.1, -0.05) is 37.3 Å². The van der Waals surface area contributed by atoms with Crippen LogP contribution in [0.3, 0.4) is 0 Å². The van der Waals surface area contributed by atoms with Gasteiger partial charge in [-0.05, 0) is 25.8 Å². The first-order chi connectivity index (χ1) is 9.34. The average molecular weight is 276 g/mol. The van der Waals surface area contributed by atoms with E-state index in [1.807, 2.05) is 51.1 Å². The van der Waals surface area contributed by atoms with Gasteiger partial charge in [0.05, 0.1) is 12.5 Å². The van der Waals surface area contributed by atoms with E-state index in [2.05, 4.69) is 10.6 Å². The normalized spacial score (nSPS) is 12.6. The molecule has 20 heavy (non-hydrogen) atoms. The number of benzene rings is 1. The fourth-order valence-corrected chi connectivity index (χ4v) is 1.89. The van der Waals surface area contributed by atoms with Gasteiger partial charge in [0, 0.05) is 12.5 Å². The second-order valence-electron chi connectivity index (χ2n) is 5.65. The van der Waals surface area contributed by atoms with Crippen molar-refractivity contribution in [3.8, 4) is 0 Å². The van der Waals surface area contributed by atoms with Gasteiger partial charge in [-0.2, -0.15) is 0 Å². The van der Waals surface area contributed by atoms with Gasteiger partial charge in [0.25, 0.3) is 0 Å². The highest BCUT2D eigenvalue weighted by Crippen LogP contribution is 2.17. The fourth-order valence-electron chi connectivity index (χ4n) is 1.89. The van der Waals surface area contributed by atoms with E-state index in [4.69, 9.17) is 0 Å². The predicted molar refractivity (Wildman–Crippen MR) is 80.1 cm³/mol. The molecule has 0 saturated carbocycles. The van der Waals surface area contributed by atoms with Crippen molar-refractivity contribution in [1.82, 2.24) is 10.6 Å². The van der Waals surface area contributed by atoms with Crippen molar-refractivity contribution in [1.29, 1.82) is 0 Å². The molecule has 0 aliphatic rings. The lowest BCUT2D eigenvalue weighted by Gasteiger charge is -2.26. The Kier molecular flexibility index (Phi) is 5.74. The molecule has 1 aromatic rings. The van der Waals surface area contributed by atoms with Gasteiger partial charge in [-0.25, -0.2) is 0 Å². The zero-order chi connectivity index (χ0) is 15.2. The van der Waals surface area contributed by atoms with E-state index in [0.717, 1.165) is 12.0 Å². The lowest BCUT2D eigenvalue weighted by molar-refractivity contribution is -0.124. The first-order valence-electron chi connectivity index (χ1n) is 6.97. The fraction of sp³-hybridized carbons (Fsp3) is 0.500. The predicted octanol–water partition coefficient (Wildman–Crippen LogP) is 2.56. The van der Waals surface area contributed by atoms with E-state index in [1.54, 1.807) is 0 Å². The minimum atomic E-state index is -0.290. The third-order valence-corrected chi connectivity index (χ3v) is 3.33. The number of rotatable bonds is 6. The Hall–Kier alpha value is -1.84. The summed E-state index contributed by atoms with van der Waals surface area (Å²) in [7, 11) is 0. The maximum Gasteiger partial charge on any atom is 0.222 e. The summed E-state index contributed by atoms with van der Waals surface area (Å²) in [5, 5.41) is 5.82. The van der Waals surface area contributed by atoms with Crippen LogP contribution in [0.25, 0.3) is 0 Å². The molecule has 1 atom stereocenters. The molecule has 1 rings (SSSR count). The van der Waals surface area contributed by atoms with Crippen LogP contribution in [0.15, 0.2) is 30.3 Å². The van der Waals surface area contributed by atoms with Crippen molar-refractivity contribution in [2.24, 2.45) is 0 Å². The Labute approximate surface area is 121 Å². The quantitative estimate of drug-likeness (QED) is 0.839. The molecule has 0 aliphatic heterocycles. The molecular weight excluding hydrogens is 252 g/mol. The molecule has 0 saturated heterocycles. The lowest BCUT2D eigenvalue weighted by Crippen LogP contribution is -2.44. The standard InChI is InChI=1S/C16H24N2O2/c1-5-16(3,4)18-15(20)11-14(17-12(2)19)13-9-7-6-8-10-13/h6-10,14H,5,11H2,1-4H3,(H,17,19)(H,18,20)/t14-/m1/s1. The van der Waals surface area contributed by atoms with Gasteiger partial charge in [-0.15, -0.1) is 0 Å². The van der Waals surface area contributed by atoms with E-state index in [0.29, 0.717) is 0 Å². The molecule has 4 heteroatoms. The Morgan fingerprint density at radius 2 is 1.80 bits per heavy atom. The third-order valence-electron chi connectivity index (χ3n) is 3.33. The van der Waals surface area contributed by atoms with Crippen LogP contribution in [0.5, 0.6) is 0 Å². The Morgan fingerprint density at radius 1 is 1.20 bits per heavy atom. The molecule has 2 amide bonds. The highest BCUT2D eigenvalue weighted by molar-refractivity contribution is 5.79. The van der Waals surface area contributed by atoms with Crippen LogP contribution in [-0.2, 0) is 9.59 Å². The van der Waals surface area contributed by atoms with Gasteiger partial charge < -0.3 is 10.6 Å². The van der Waals surface area contributed by atoms with E-state index in [1.165, 1.54) is 6.92 Å². The maximum atomic E-state index is 12.1. The molecule has 2 N–H and O–H groups in total. The summed E-state index contributed by atoms with van der Waals surface area (Å²) in [6.07, 6.45) is 1.10. The minimum absolute atomic E-state index is 0.0561. The van der Waals surface area contributed by atoms with Gasteiger partial charge in [0.15, 0.2) is 0 Å². The summed E-state index contributed by atoms with van der Waals surface area (Å²) in [6, 6.07) is 9.25. The number of hydrogen-bond acceptors (Lipinski definition) is 2. The number of carbonyl (C=O) groups is 2. The van der Waals surface area contributed by atoms with Crippen molar-refractivity contribution in [3.05, 3.63) is 35.9 Å². The van der Waals surface area contributed by atoms with E-state index in [9.17, 15) is 9.59 Å². The van der Waals surface area contributed by atoms with Crippen LogP contribution in [-0.4, -0.2) is 17.4 Å². The Balaban J connectivity index is 2.76. The summed E-state index contributed by atoms with van der Waals surface area (Å²) < 4.78 is 0. The largest absolute Gasteiger partial charge is 0.351 e. The molecule has 1 aromatic carbocycles. The lowest BCUT2D eigenvalue weighted by atomic mass is 9.99. The van der Waals surface area contributed by atoms with Crippen LogP contribution in [0.4, 0.5) is 0 Å². The second kappa shape index (κ2) is 7.08. The van der Waals surface area contributed by atoms with Crippen LogP contribution in [0, 0.1) is 0 Å². The first kappa shape index (κ1) is 16.2. The summed E-state index contributed by atoms with van der Waals surface area (Å²) in [6.45, 7) is 7.47. The van der Waals surface area contributed by atoms with Crippen molar-refractivity contribution in [3.63, 3.8) is 0 Å². The van der Waals surface area contributed by atoms with Crippen molar-refractivity contribution in [2.75, 3.05) is 0 Å².